The predicted molar refractivity (Wildman–Crippen MR) is 106 cm³/mol. The van der Waals surface area contributed by atoms with Crippen molar-refractivity contribution in [3.05, 3.63) is 52.9 Å². The zero-order chi connectivity index (χ0) is 21.0. The van der Waals surface area contributed by atoms with E-state index in [-0.39, 0.29) is 35.7 Å². The first-order chi connectivity index (χ1) is 13.8. The fraction of sp³-hybridized carbons (Fsp3) is 0.222. The van der Waals surface area contributed by atoms with Crippen LogP contribution in [0.15, 0.2) is 36.7 Å². The molecule has 3 aromatic rings. The van der Waals surface area contributed by atoms with Gasteiger partial charge in [-0.3, -0.25) is 14.2 Å². The molecule has 0 bridgehead atoms. The van der Waals surface area contributed by atoms with Crippen molar-refractivity contribution in [1.82, 2.24) is 19.9 Å². The third-order valence-electron chi connectivity index (χ3n) is 3.87. The average Bonchev–Trinajstić information content (AvgIpc) is 3.28. The number of imidazole rings is 1. The summed E-state index contributed by atoms with van der Waals surface area (Å²) in [6, 6.07) is 6.37. The molecule has 2 amide bonds. The van der Waals surface area contributed by atoms with Gasteiger partial charge >= 0.3 is 6.55 Å². The molecule has 7 nitrogen and oxygen atoms in total. The SMILES string of the molecule is Cc1nc(NC(=O)CCNC(=O)c2ccc(Cl)cc2)sc1-c1nccn1C(F)F. The van der Waals surface area contributed by atoms with Crippen LogP contribution in [0.25, 0.3) is 10.7 Å². The van der Waals surface area contributed by atoms with Crippen LogP contribution in [0.1, 0.15) is 29.0 Å². The Kier molecular flexibility index (Phi) is 6.55. The number of amides is 2. The van der Waals surface area contributed by atoms with Gasteiger partial charge in [0.05, 0.1) is 10.6 Å². The number of alkyl halides is 2. The van der Waals surface area contributed by atoms with Gasteiger partial charge in [-0.05, 0) is 31.2 Å². The Hall–Kier alpha value is -2.85. The van der Waals surface area contributed by atoms with Crippen molar-refractivity contribution in [3.63, 3.8) is 0 Å². The van der Waals surface area contributed by atoms with E-state index in [2.05, 4.69) is 20.6 Å². The van der Waals surface area contributed by atoms with Gasteiger partial charge in [0.2, 0.25) is 5.91 Å². The van der Waals surface area contributed by atoms with E-state index in [0.29, 0.717) is 21.2 Å². The van der Waals surface area contributed by atoms with E-state index in [4.69, 9.17) is 11.6 Å². The predicted octanol–water partition coefficient (Wildman–Crippen LogP) is 4.12. The van der Waals surface area contributed by atoms with E-state index in [1.54, 1.807) is 31.2 Å². The highest BCUT2D eigenvalue weighted by atomic mass is 35.5. The molecule has 0 aliphatic rings. The van der Waals surface area contributed by atoms with Gasteiger partial charge in [0, 0.05) is 35.9 Å². The first kappa shape index (κ1) is 20.9. The van der Waals surface area contributed by atoms with Crippen LogP contribution in [0.3, 0.4) is 0 Å². The Morgan fingerprint density at radius 1 is 1.28 bits per heavy atom. The summed E-state index contributed by atoms with van der Waals surface area (Å²) in [6.07, 6.45) is 2.49. The van der Waals surface area contributed by atoms with Gasteiger partial charge < -0.3 is 10.6 Å². The van der Waals surface area contributed by atoms with Crippen molar-refractivity contribution in [2.75, 3.05) is 11.9 Å². The van der Waals surface area contributed by atoms with E-state index >= 15 is 0 Å². The van der Waals surface area contributed by atoms with Crippen molar-refractivity contribution in [2.24, 2.45) is 0 Å². The van der Waals surface area contributed by atoms with Gasteiger partial charge in [-0.15, -0.1) is 0 Å². The maximum atomic E-state index is 13.0. The highest BCUT2D eigenvalue weighted by Crippen LogP contribution is 2.33. The molecule has 0 radical (unpaired) electrons. The van der Waals surface area contributed by atoms with Crippen LogP contribution in [-0.2, 0) is 4.79 Å². The second-order valence-corrected chi connectivity index (χ2v) is 7.37. The van der Waals surface area contributed by atoms with Crippen molar-refractivity contribution < 1.29 is 18.4 Å². The molecule has 3 rings (SSSR count). The number of hydrogen-bond donors (Lipinski definition) is 2. The van der Waals surface area contributed by atoms with Gasteiger partial charge in [0.25, 0.3) is 5.91 Å². The highest BCUT2D eigenvalue weighted by Gasteiger charge is 2.19. The summed E-state index contributed by atoms with van der Waals surface area (Å²) in [5.41, 5.74) is 0.916. The first-order valence-electron chi connectivity index (χ1n) is 8.47. The molecule has 0 fully saturated rings. The van der Waals surface area contributed by atoms with Crippen LogP contribution in [0, 0.1) is 6.92 Å². The van der Waals surface area contributed by atoms with E-state index in [1.165, 1.54) is 12.4 Å². The number of thiazole rings is 1. The Balaban J connectivity index is 1.55. The minimum atomic E-state index is -2.73. The number of aryl methyl sites for hydroxylation is 1. The number of aromatic nitrogens is 3. The van der Waals surface area contributed by atoms with Crippen molar-refractivity contribution >= 4 is 39.9 Å². The van der Waals surface area contributed by atoms with Crippen LogP contribution in [-0.4, -0.2) is 32.9 Å². The summed E-state index contributed by atoms with van der Waals surface area (Å²) in [4.78, 5) is 32.7. The summed E-state index contributed by atoms with van der Waals surface area (Å²) in [6.45, 7) is -0.949. The Morgan fingerprint density at radius 3 is 2.69 bits per heavy atom. The highest BCUT2D eigenvalue weighted by molar-refractivity contribution is 7.19. The number of nitrogens with one attached hydrogen (secondary N) is 2. The maximum Gasteiger partial charge on any atom is 0.320 e. The molecule has 0 atom stereocenters. The lowest BCUT2D eigenvalue weighted by Gasteiger charge is -2.05. The molecule has 0 unspecified atom stereocenters. The molecule has 2 N–H and O–H groups in total. The molecule has 1 aromatic carbocycles. The molecule has 2 aromatic heterocycles. The van der Waals surface area contributed by atoms with Crippen molar-refractivity contribution in [1.29, 1.82) is 0 Å². The van der Waals surface area contributed by atoms with Crippen LogP contribution in [0.2, 0.25) is 5.02 Å². The summed E-state index contributed by atoms with van der Waals surface area (Å²) in [5, 5.41) is 6.04. The van der Waals surface area contributed by atoms with E-state index < -0.39 is 6.55 Å². The molecule has 11 heteroatoms. The summed E-state index contributed by atoms with van der Waals surface area (Å²) >= 11 is 6.83. The van der Waals surface area contributed by atoms with E-state index in [9.17, 15) is 18.4 Å². The monoisotopic (exact) mass is 439 g/mol. The maximum absolute atomic E-state index is 13.0. The lowest BCUT2D eigenvalue weighted by molar-refractivity contribution is -0.116. The number of hydrogen-bond acceptors (Lipinski definition) is 5. The number of carbonyl (C=O) groups is 2. The number of anilines is 1. The molecule has 0 aliphatic carbocycles. The van der Waals surface area contributed by atoms with Gasteiger partial charge in [-0.1, -0.05) is 22.9 Å². The lowest BCUT2D eigenvalue weighted by atomic mass is 10.2. The van der Waals surface area contributed by atoms with Crippen LogP contribution in [0.4, 0.5) is 13.9 Å². The normalized spacial score (nSPS) is 10.9. The van der Waals surface area contributed by atoms with Gasteiger partial charge in [0.1, 0.15) is 0 Å². The molecule has 0 saturated heterocycles. The minimum absolute atomic E-state index is 0.0267. The molecular weight excluding hydrogens is 424 g/mol. The van der Waals surface area contributed by atoms with Crippen LogP contribution < -0.4 is 10.6 Å². The average molecular weight is 440 g/mol. The second-order valence-electron chi connectivity index (χ2n) is 5.93. The van der Waals surface area contributed by atoms with Gasteiger partial charge in [-0.2, -0.15) is 8.78 Å². The third kappa shape index (κ3) is 5.15. The first-order valence-corrected chi connectivity index (χ1v) is 9.67. The Bertz CT molecular complexity index is 1020. The number of carbonyl (C=O) groups excluding carboxylic acids is 2. The molecule has 0 spiro atoms. The number of rotatable bonds is 7. The van der Waals surface area contributed by atoms with Gasteiger partial charge in [-0.25, -0.2) is 9.97 Å². The standard InChI is InChI=1S/C18H16ClF2N5O2S/c1-10-14(15-22-8-9-26(15)17(20)21)29-18(24-10)25-13(27)6-7-23-16(28)11-2-4-12(19)5-3-11/h2-5,8-9,17H,6-7H2,1H3,(H,23,28)(H,24,25,27). The zero-order valence-corrected chi connectivity index (χ0v) is 16.7. The fourth-order valence-electron chi connectivity index (χ4n) is 2.48. The quantitative estimate of drug-likeness (QED) is 0.579. The largest absolute Gasteiger partial charge is 0.352 e. The molecule has 29 heavy (non-hydrogen) atoms. The molecular formula is C18H16ClF2N5O2S. The summed E-state index contributed by atoms with van der Waals surface area (Å²) in [7, 11) is 0. The third-order valence-corrected chi connectivity index (χ3v) is 5.19. The summed E-state index contributed by atoms with van der Waals surface area (Å²) in [5.74, 6) is -0.592. The lowest BCUT2D eigenvalue weighted by Crippen LogP contribution is -2.27. The van der Waals surface area contributed by atoms with E-state index in [1.807, 2.05) is 0 Å². The minimum Gasteiger partial charge on any atom is -0.352 e. The summed E-state index contributed by atoms with van der Waals surface area (Å²) < 4.78 is 26.8. The van der Waals surface area contributed by atoms with E-state index in [0.717, 1.165) is 15.9 Å². The fourth-order valence-corrected chi connectivity index (χ4v) is 3.59. The molecule has 152 valence electrons. The number of benzene rings is 1. The smallest absolute Gasteiger partial charge is 0.320 e. The van der Waals surface area contributed by atoms with Crippen LogP contribution >= 0.6 is 22.9 Å². The number of nitrogens with zero attached hydrogens (tertiary/aromatic N) is 3. The van der Waals surface area contributed by atoms with Gasteiger partial charge in [0.15, 0.2) is 11.0 Å². The molecule has 0 saturated carbocycles. The Morgan fingerprint density at radius 2 is 2.00 bits per heavy atom. The zero-order valence-electron chi connectivity index (χ0n) is 15.2. The molecule has 2 heterocycles. The van der Waals surface area contributed by atoms with Crippen molar-refractivity contribution in [3.8, 4) is 10.7 Å². The van der Waals surface area contributed by atoms with Crippen LogP contribution in [0.5, 0.6) is 0 Å². The topological polar surface area (TPSA) is 88.9 Å². The molecule has 0 aliphatic heterocycles. The second kappa shape index (κ2) is 9.10. The van der Waals surface area contributed by atoms with Crippen molar-refractivity contribution in [2.45, 2.75) is 19.9 Å². The Labute approximate surface area is 173 Å². The number of halogens is 3.